The number of hydrogen-bond donors (Lipinski definition) is 1. The second-order valence-electron chi connectivity index (χ2n) is 6.16. The molecule has 1 amide bonds. The van der Waals surface area contributed by atoms with Gasteiger partial charge in [0.25, 0.3) is 5.91 Å². The molecule has 0 aliphatic carbocycles. The second-order valence-corrected chi connectivity index (χ2v) is 6.16. The molecule has 1 N–H and O–H groups in total. The van der Waals surface area contributed by atoms with Crippen molar-refractivity contribution in [1.29, 1.82) is 0 Å². The van der Waals surface area contributed by atoms with E-state index in [2.05, 4.69) is 11.4 Å². The lowest BCUT2D eigenvalue weighted by Gasteiger charge is -2.19. The number of ether oxygens (including phenoxy) is 2. The highest BCUT2D eigenvalue weighted by Crippen LogP contribution is 2.27. The summed E-state index contributed by atoms with van der Waals surface area (Å²) in [7, 11) is 1.58. The first-order valence-electron chi connectivity index (χ1n) is 8.02. The number of aryl methyl sites for hydroxylation is 3. The number of benzene rings is 2. The first-order valence-corrected chi connectivity index (χ1v) is 8.02. The Morgan fingerprint density at radius 1 is 1.00 bits per heavy atom. The zero-order chi connectivity index (χ0) is 17.9. The molecule has 0 aliphatic rings. The number of anilines is 1. The third-order valence-corrected chi connectivity index (χ3v) is 4.05. The smallest absolute Gasteiger partial charge is 0.265 e. The molecule has 0 aliphatic heterocycles. The Morgan fingerprint density at radius 3 is 2.38 bits per heavy atom. The minimum absolute atomic E-state index is 0.211. The van der Waals surface area contributed by atoms with Crippen LogP contribution in [0, 0.1) is 27.7 Å². The molecule has 2 aromatic rings. The van der Waals surface area contributed by atoms with Gasteiger partial charge in [0.1, 0.15) is 11.5 Å². The van der Waals surface area contributed by atoms with Gasteiger partial charge in [0.15, 0.2) is 6.10 Å². The van der Waals surface area contributed by atoms with Gasteiger partial charge in [0.2, 0.25) is 0 Å². The Balaban J connectivity index is 2.15. The average molecular weight is 327 g/mol. The van der Waals surface area contributed by atoms with Crippen molar-refractivity contribution < 1.29 is 14.3 Å². The summed E-state index contributed by atoms with van der Waals surface area (Å²) in [5, 5.41) is 2.88. The first-order chi connectivity index (χ1) is 11.3. The number of amides is 1. The Morgan fingerprint density at radius 2 is 1.71 bits per heavy atom. The highest BCUT2D eigenvalue weighted by molar-refractivity contribution is 5.95. The van der Waals surface area contributed by atoms with E-state index in [4.69, 9.17) is 9.47 Å². The topological polar surface area (TPSA) is 47.6 Å². The summed E-state index contributed by atoms with van der Waals surface area (Å²) in [6.07, 6.45) is -0.616. The van der Waals surface area contributed by atoms with Crippen LogP contribution in [0.15, 0.2) is 30.3 Å². The van der Waals surface area contributed by atoms with E-state index in [1.807, 2.05) is 52.0 Å². The predicted molar refractivity (Wildman–Crippen MR) is 97.1 cm³/mol. The third kappa shape index (κ3) is 4.07. The fraction of sp³-hybridized carbons (Fsp3) is 0.350. The molecular formula is C20H25NO3. The van der Waals surface area contributed by atoms with Gasteiger partial charge in [-0.25, -0.2) is 0 Å². The lowest BCUT2D eigenvalue weighted by atomic mass is 10.1. The molecule has 2 aromatic carbocycles. The molecule has 0 aromatic heterocycles. The number of carbonyl (C=O) groups is 1. The van der Waals surface area contributed by atoms with E-state index < -0.39 is 6.10 Å². The van der Waals surface area contributed by atoms with Crippen LogP contribution in [0.4, 0.5) is 5.69 Å². The van der Waals surface area contributed by atoms with Crippen LogP contribution < -0.4 is 14.8 Å². The Bertz CT molecular complexity index is 753. The fourth-order valence-corrected chi connectivity index (χ4v) is 2.52. The highest BCUT2D eigenvalue weighted by atomic mass is 16.5. The molecule has 0 saturated heterocycles. The summed E-state index contributed by atoms with van der Waals surface area (Å²) in [5.41, 5.74) is 5.01. The monoisotopic (exact) mass is 327 g/mol. The first kappa shape index (κ1) is 17.9. The van der Waals surface area contributed by atoms with E-state index in [1.165, 1.54) is 0 Å². The highest BCUT2D eigenvalue weighted by Gasteiger charge is 2.18. The minimum atomic E-state index is -0.616. The van der Waals surface area contributed by atoms with E-state index in [9.17, 15) is 4.79 Å². The van der Waals surface area contributed by atoms with Gasteiger partial charge in [-0.2, -0.15) is 0 Å². The average Bonchev–Trinajstić information content (AvgIpc) is 2.52. The molecule has 2 rings (SSSR count). The minimum Gasteiger partial charge on any atom is -0.495 e. The largest absolute Gasteiger partial charge is 0.495 e. The van der Waals surface area contributed by atoms with Crippen molar-refractivity contribution in [3.8, 4) is 11.5 Å². The predicted octanol–water partition coefficient (Wildman–Crippen LogP) is 4.33. The Kier molecular flexibility index (Phi) is 5.50. The maximum absolute atomic E-state index is 12.5. The van der Waals surface area contributed by atoms with Gasteiger partial charge < -0.3 is 14.8 Å². The standard InChI is InChI=1S/C20H25NO3/c1-12-7-8-18(23-6)17(10-12)21-20(22)16(5)24-19-11-13(2)9-14(3)15(19)4/h7-11,16H,1-6H3,(H,21,22)/t16-/m0/s1. The molecule has 1 atom stereocenters. The molecule has 0 bridgehead atoms. The molecule has 4 heteroatoms. The molecule has 0 unspecified atom stereocenters. The Labute approximate surface area is 143 Å². The summed E-state index contributed by atoms with van der Waals surface area (Å²) >= 11 is 0. The van der Waals surface area contributed by atoms with Crippen molar-refractivity contribution in [2.24, 2.45) is 0 Å². The molecule has 128 valence electrons. The Hall–Kier alpha value is -2.49. The second kappa shape index (κ2) is 7.39. The molecule has 0 heterocycles. The van der Waals surface area contributed by atoms with Gasteiger partial charge in [-0.15, -0.1) is 0 Å². The van der Waals surface area contributed by atoms with Gasteiger partial charge in [-0.1, -0.05) is 12.1 Å². The zero-order valence-electron chi connectivity index (χ0n) is 15.2. The lowest BCUT2D eigenvalue weighted by molar-refractivity contribution is -0.122. The van der Waals surface area contributed by atoms with E-state index in [1.54, 1.807) is 14.0 Å². The molecular weight excluding hydrogens is 302 g/mol. The van der Waals surface area contributed by atoms with Crippen LogP contribution in [-0.4, -0.2) is 19.1 Å². The summed E-state index contributed by atoms with van der Waals surface area (Å²) in [6, 6.07) is 9.72. The summed E-state index contributed by atoms with van der Waals surface area (Å²) in [5.74, 6) is 1.16. The van der Waals surface area contributed by atoms with E-state index in [0.29, 0.717) is 11.4 Å². The fourth-order valence-electron chi connectivity index (χ4n) is 2.52. The van der Waals surface area contributed by atoms with Crippen molar-refractivity contribution >= 4 is 11.6 Å². The van der Waals surface area contributed by atoms with Gasteiger partial charge >= 0.3 is 0 Å². The van der Waals surface area contributed by atoms with Crippen LogP contribution in [0.5, 0.6) is 11.5 Å². The number of rotatable bonds is 5. The molecule has 4 nitrogen and oxygen atoms in total. The van der Waals surface area contributed by atoms with Crippen molar-refractivity contribution in [1.82, 2.24) is 0 Å². The zero-order valence-corrected chi connectivity index (χ0v) is 15.2. The molecule has 0 saturated carbocycles. The number of methoxy groups -OCH3 is 1. The summed E-state index contributed by atoms with van der Waals surface area (Å²) in [6.45, 7) is 9.76. The van der Waals surface area contributed by atoms with Crippen LogP contribution in [-0.2, 0) is 4.79 Å². The van der Waals surface area contributed by atoms with Crippen molar-refractivity contribution in [3.05, 3.63) is 52.6 Å². The van der Waals surface area contributed by atoms with E-state index in [0.717, 1.165) is 28.0 Å². The quantitative estimate of drug-likeness (QED) is 0.889. The van der Waals surface area contributed by atoms with Crippen LogP contribution in [0.3, 0.4) is 0 Å². The molecule has 0 radical (unpaired) electrons. The van der Waals surface area contributed by atoms with Gasteiger partial charge in [0, 0.05) is 0 Å². The van der Waals surface area contributed by atoms with Crippen LogP contribution in [0.2, 0.25) is 0 Å². The van der Waals surface area contributed by atoms with Crippen LogP contribution in [0.1, 0.15) is 29.2 Å². The SMILES string of the molecule is COc1ccc(C)cc1NC(=O)[C@H](C)Oc1cc(C)cc(C)c1C. The third-order valence-electron chi connectivity index (χ3n) is 4.05. The molecule has 24 heavy (non-hydrogen) atoms. The maximum Gasteiger partial charge on any atom is 0.265 e. The van der Waals surface area contributed by atoms with E-state index in [-0.39, 0.29) is 5.91 Å². The summed E-state index contributed by atoms with van der Waals surface area (Å²) in [4.78, 5) is 12.5. The normalized spacial score (nSPS) is 11.8. The summed E-state index contributed by atoms with van der Waals surface area (Å²) < 4.78 is 11.2. The van der Waals surface area contributed by atoms with Crippen molar-refractivity contribution in [3.63, 3.8) is 0 Å². The van der Waals surface area contributed by atoms with Gasteiger partial charge in [-0.3, -0.25) is 4.79 Å². The van der Waals surface area contributed by atoms with Crippen LogP contribution in [0.25, 0.3) is 0 Å². The van der Waals surface area contributed by atoms with Crippen molar-refractivity contribution in [2.75, 3.05) is 12.4 Å². The van der Waals surface area contributed by atoms with Gasteiger partial charge in [-0.05, 0) is 75.1 Å². The molecule has 0 fully saturated rings. The van der Waals surface area contributed by atoms with Crippen LogP contribution >= 0.6 is 0 Å². The lowest BCUT2D eigenvalue weighted by Crippen LogP contribution is -2.30. The maximum atomic E-state index is 12.5. The molecule has 0 spiro atoms. The van der Waals surface area contributed by atoms with Crippen molar-refractivity contribution in [2.45, 2.75) is 40.7 Å². The number of nitrogens with one attached hydrogen (secondary N) is 1. The number of hydrogen-bond acceptors (Lipinski definition) is 3. The number of carbonyl (C=O) groups excluding carboxylic acids is 1. The van der Waals surface area contributed by atoms with E-state index >= 15 is 0 Å². The van der Waals surface area contributed by atoms with Gasteiger partial charge in [0.05, 0.1) is 12.8 Å².